The van der Waals surface area contributed by atoms with Crippen molar-refractivity contribution in [3.63, 3.8) is 0 Å². The summed E-state index contributed by atoms with van der Waals surface area (Å²) >= 11 is 17.4. The van der Waals surface area contributed by atoms with E-state index in [1.54, 1.807) is 42.5 Å². The molecule has 0 saturated heterocycles. The first-order chi connectivity index (χ1) is 11.5. The SMILES string of the molecule is O=C(CNC(=O)c1ccc(Cl)cc1)N/N=C\c1ccc(Cl)c(Cl)c1. The molecule has 0 spiro atoms. The fourth-order valence-electron chi connectivity index (χ4n) is 1.67. The van der Waals surface area contributed by atoms with E-state index < -0.39 is 5.91 Å². The van der Waals surface area contributed by atoms with Crippen LogP contribution >= 0.6 is 34.8 Å². The van der Waals surface area contributed by atoms with Crippen molar-refractivity contribution < 1.29 is 9.59 Å². The van der Waals surface area contributed by atoms with Gasteiger partial charge in [-0.05, 0) is 42.0 Å². The third-order valence-electron chi connectivity index (χ3n) is 2.86. The molecule has 0 saturated carbocycles. The lowest BCUT2D eigenvalue weighted by atomic mass is 10.2. The highest BCUT2D eigenvalue weighted by Crippen LogP contribution is 2.21. The first kappa shape index (κ1) is 18.3. The zero-order chi connectivity index (χ0) is 17.5. The molecule has 2 aromatic carbocycles. The maximum Gasteiger partial charge on any atom is 0.259 e. The topological polar surface area (TPSA) is 70.6 Å². The van der Waals surface area contributed by atoms with Crippen LogP contribution in [-0.4, -0.2) is 24.6 Å². The number of rotatable bonds is 5. The molecule has 0 aromatic heterocycles. The third kappa shape index (κ3) is 5.53. The van der Waals surface area contributed by atoms with Gasteiger partial charge in [0, 0.05) is 10.6 Å². The lowest BCUT2D eigenvalue weighted by molar-refractivity contribution is -0.120. The van der Waals surface area contributed by atoms with Crippen molar-refractivity contribution in [2.75, 3.05) is 6.54 Å². The van der Waals surface area contributed by atoms with Crippen LogP contribution in [-0.2, 0) is 4.79 Å². The Morgan fingerprint density at radius 2 is 1.71 bits per heavy atom. The molecular weight excluding hydrogens is 373 g/mol. The van der Waals surface area contributed by atoms with Crippen molar-refractivity contribution in [1.29, 1.82) is 0 Å². The first-order valence-electron chi connectivity index (χ1n) is 6.76. The van der Waals surface area contributed by atoms with Crippen LogP contribution in [0.2, 0.25) is 15.1 Å². The van der Waals surface area contributed by atoms with Gasteiger partial charge < -0.3 is 5.32 Å². The van der Waals surface area contributed by atoms with E-state index in [2.05, 4.69) is 15.8 Å². The molecule has 2 rings (SSSR count). The fraction of sp³-hybridized carbons (Fsp3) is 0.0625. The van der Waals surface area contributed by atoms with Crippen molar-refractivity contribution in [3.8, 4) is 0 Å². The van der Waals surface area contributed by atoms with Gasteiger partial charge in [0.05, 0.1) is 22.8 Å². The van der Waals surface area contributed by atoms with Gasteiger partial charge in [0.2, 0.25) is 0 Å². The van der Waals surface area contributed by atoms with Crippen molar-refractivity contribution >= 4 is 52.8 Å². The van der Waals surface area contributed by atoms with Crippen LogP contribution in [0.25, 0.3) is 0 Å². The first-order valence-corrected chi connectivity index (χ1v) is 7.90. The number of benzene rings is 2. The van der Waals surface area contributed by atoms with Crippen LogP contribution in [0.5, 0.6) is 0 Å². The predicted octanol–water partition coefficient (Wildman–Crippen LogP) is 3.53. The highest BCUT2D eigenvalue weighted by atomic mass is 35.5. The van der Waals surface area contributed by atoms with Crippen molar-refractivity contribution in [1.82, 2.24) is 10.7 Å². The second-order valence-corrected chi connectivity index (χ2v) is 5.91. The number of nitrogens with one attached hydrogen (secondary N) is 2. The quantitative estimate of drug-likeness (QED) is 0.611. The molecule has 0 aliphatic rings. The van der Waals surface area contributed by atoms with E-state index in [1.165, 1.54) is 6.21 Å². The Morgan fingerprint density at radius 3 is 2.38 bits per heavy atom. The lowest BCUT2D eigenvalue weighted by Gasteiger charge is -2.04. The number of carbonyl (C=O) groups is 2. The van der Waals surface area contributed by atoms with Crippen molar-refractivity contribution in [2.45, 2.75) is 0 Å². The smallest absolute Gasteiger partial charge is 0.259 e. The summed E-state index contributed by atoms with van der Waals surface area (Å²) in [5.74, 6) is -0.844. The number of halogens is 3. The van der Waals surface area contributed by atoms with Crippen LogP contribution in [0.1, 0.15) is 15.9 Å². The van der Waals surface area contributed by atoms with Gasteiger partial charge in [0.25, 0.3) is 11.8 Å². The molecule has 124 valence electrons. The monoisotopic (exact) mass is 383 g/mol. The molecule has 8 heteroatoms. The second-order valence-electron chi connectivity index (χ2n) is 4.66. The normalized spacial score (nSPS) is 10.6. The molecule has 0 atom stereocenters. The summed E-state index contributed by atoms with van der Waals surface area (Å²) in [4.78, 5) is 23.5. The van der Waals surface area contributed by atoms with Gasteiger partial charge >= 0.3 is 0 Å². The Kier molecular flexibility index (Phi) is 6.61. The maximum absolute atomic E-state index is 11.8. The summed E-state index contributed by atoms with van der Waals surface area (Å²) in [6.07, 6.45) is 1.42. The zero-order valence-electron chi connectivity index (χ0n) is 12.2. The van der Waals surface area contributed by atoms with Gasteiger partial charge in [0.1, 0.15) is 0 Å². The molecule has 24 heavy (non-hydrogen) atoms. The van der Waals surface area contributed by atoms with E-state index in [0.29, 0.717) is 26.2 Å². The Balaban J connectivity index is 1.80. The summed E-state index contributed by atoms with van der Waals surface area (Å²) in [5.41, 5.74) is 3.38. The molecule has 0 bridgehead atoms. The maximum atomic E-state index is 11.8. The molecule has 0 radical (unpaired) electrons. The predicted molar refractivity (Wildman–Crippen MR) is 96.0 cm³/mol. The van der Waals surface area contributed by atoms with Crippen molar-refractivity contribution in [3.05, 3.63) is 68.7 Å². The molecule has 0 unspecified atom stereocenters. The molecule has 0 heterocycles. The van der Waals surface area contributed by atoms with Gasteiger partial charge in [-0.2, -0.15) is 5.10 Å². The molecule has 0 aliphatic carbocycles. The highest BCUT2D eigenvalue weighted by Gasteiger charge is 2.07. The van der Waals surface area contributed by atoms with Gasteiger partial charge in [-0.15, -0.1) is 0 Å². The molecule has 5 nitrogen and oxygen atoms in total. The largest absolute Gasteiger partial charge is 0.343 e. The van der Waals surface area contributed by atoms with Crippen molar-refractivity contribution in [2.24, 2.45) is 5.10 Å². The van der Waals surface area contributed by atoms with E-state index in [-0.39, 0.29) is 12.5 Å². The third-order valence-corrected chi connectivity index (χ3v) is 3.85. The molecule has 2 aromatic rings. The van der Waals surface area contributed by atoms with E-state index in [1.807, 2.05) is 0 Å². The second kappa shape index (κ2) is 8.68. The number of hydrogen-bond acceptors (Lipinski definition) is 3. The van der Waals surface area contributed by atoms with Gasteiger partial charge in [-0.1, -0.05) is 40.9 Å². The zero-order valence-corrected chi connectivity index (χ0v) is 14.5. The van der Waals surface area contributed by atoms with E-state index in [4.69, 9.17) is 34.8 Å². The number of hydrogen-bond donors (Lipinski definition) is 2. The van der Waals surface area contributed by atoms with Crippen LogP contribution in [0, 0.1) is 0 Å². The fourth-order valence-corrected chi connectivity index (χ4v) is 2.11. The van der Waals surface area contributed by atoms with E-state index in [9.17, 15) is 9.59 Å². The minimum Gasteiger partial charge on any atom is -0.343 e. The molecule has 2 amide bonds. The summed E-state index contributed by atoms with van der Waals surface area (Å²) in [5, 5.41) is 7.61. The van der Waals surface area contributed by atoms with Crippen LogP contribution in [0.3, 0.4) is 0 Å². The standard InChI is InChI=1S/C16H12Cl3N3O2/c17-12-4-2-11(3-5-12)16(24)20-9-15(23)22-21-8-10-1-6-13(18)14(19)7-10/h1-8H,9H2,(H,20,24)(H,22,23)/b21-8-. The lowest BCUT2D eigenvalue weighted by Crippen LogP contribution is -2.34. The minimum absolute atomic E-state index is 0.208. The molecular formula is C16H12Cl3N3O2. The minimum atomic E-state index is -0.464. The summed E-state index contributed by atoms with van der Waals surface area (Å²) < 4.78 is 0. The van der Waals surface area contributed by atoms with Crippen LogP contribution in [0.15, 0.2) is 47.6 Å². The number of carbonyl (C=O) groups excluding carboxylic acids is 2. The molecule has 0 fully saturated rings. The Hall–Kier alpha value is -2.08. The Labute approximate surface area is 153 Å². The number of nitrogens with zero attached hydrogens (tertiary/aromatic N) is 1. The van der Waals surface area contributed by atoms with Gasteiger partial charge in [0.15, 0.2) is 0 Å². The van der Waals surface area contributed by atoms with Gasteiger partial charge in [-0.3, -0.25) is 9.59 Å². The average Bonchev–Trinajstić information content (AvgIpc) is 2.56. The molecule has 2 N–H and O–H groups in total. The van der Waals surface area contributed by atoms with Gasteiger partial charge in [-0.25, -0.2) is 5.43 Å². The summed E-state index contributed by atoms with van der Waals surface area (Å²) in [6, 6.07) is 11.3. The molecule has 0 aliphatic heterocycles. The van der Waals surface area contributed by atoms with Crippen LogP contribution in [0.4, 0.5) is 0 Å². The van der Waals surface area contributed by atoms with E-state index in [0.717, 1.165) is 0 Å². The van der Waals surface area contributed by atoms with Crippen LogP contribution < -0.4 is 10.7 Å². The summed E-state index contributed by atoms with van der Waals surface area (Å²) in [7, 11) is 0. The highest BCUT2D eigenvalue weighted by molar-refractivity contribution is 6.42. The number of hydrazone groups is 1. The summed E-state index contributed by atoms with van der Waals surface area (Å²) in [6.45, 7) is -0.208. The Bertz CT molecular complexity index is 777. The average molecular weight is 385 g/mol. The number of amides is 2. The Morgan fingerprint density at radius 1 is 1.00 bits per heavy atom. The van der Waals surface area contributed by atoms with E-state index >= 15 is 0 Å².